The van der Waals surface area contributed by atoms with Gasteiger partial charge in [-0.1, -0.05) is 133 Å². The SMILES string of the molecule is C1=C(c2ccc3c(c2)c2ccccc2n3-c2cc(-c3ccc4c(c3)sc3c5ccccc5sc43)cc(-c3ccc4c(c3)sc3c5ccccc5sc43)c2)CC2C(=C1)c1ccccc1N2c1ccccc1. The van der Waals surface area contributed by atoms with E-state index in [1.807, 2.05) is 45.3 Å². The molecule has 328 valence electrons. The number of allylic oxidation sites excluding steroid dienone is 2. The van der Waals surface area contributed by atoms with Gasteiger partial charge < -0.3 is 9.47 Å². The van der Waals surface area contributed by atoms with Crippen molar-refractivity contribution < 1.29 is 0 Å². The van der Waals surface area contributed by atoms with Crippen molar-refractivity contribution in [3.05, 3.63) is 223 Å². The second kappa shape index (κ2) is 15.0. The highest BCUT2D eigenvalue weighted by atomic mass is 32.1. The molecule has 1 atom stereocenters. The van der Waals surface area contributed by atoms with Gasteiger partial charge in [-0.05, 0) is 124 Å². The first kappa shape index (κ1) is 39.3. The maximum absolute atomic E-state index is 2.55. The summed E-state index contributed by atoms with van der Waals surface area (Å²) in [5.41, 5.74) is 16.4. The summed E-state index contributed by atoms with van der Waals surface area (Å²) in [6.45, 7) is 0. The second-order valence-corrected chi connectivity index (χ2v) is 23.0. The van der Waals surface area contributed by atoms with Gasteiger partial charge in [-0.2, -0.15) is 0 Å². The lowest BCUT2D eigenvalue weighted by molar-refractivity contribution is 0.841. The van der Waals surface area contributed by atoms with Crippen molar-refractivity contribution in [1.29, 1.82) is 0 Å². The van der Waals surface area contributed by atoms with Gasteiger partial charge in [0.2, 0.25) is 0 Å². The van der Waals surface area contributed by atoms with Crippen LogP contribution in [0.25, 0.3) is 120 Å². The minimum atomic E-state index is 0.228. The lowest BCUT2D eigenvalue weighted by Gasteiger charge is -2.30. The van der Waals surface area contributed by atoms with Gasteiger partial charge in [0.05, 0.1) is 35.9 Å². The van der Waals surface area contributed by atoms with E-state index in [-0.39, 0.29) is 6.04 Å². The zero-order valence-electron chi connectivity index (χ0n) is 37.5. The van der Waals surface area contributed by atoms with Crippen LogP contribution >= 0.6 is 45.3 Å². The molecule has 0 saturated heterocycles. The maximum atomic E-state index is 2.55. The number of hydrogen-bond donors (Lipinski definition) is 0. The van der Waals surface area contributed by atoms with E-state index in [4.69, 9.17) is 0 Å². The molecule has 70 heavy (non-hydrogen) atoms. The van der Waals surface area contributed by atoms with Crippen molar-refractivity contribution in [3.8, 4) is 27.9 Å². The number of para-hydroxylation sites is 3. The Bertz CT molecular complexity index is 4420. The fourth-order valence-electron chi connectivity index (χ4n) is 11.7. The minimum Gasteiger partial charge on any atom is -0.333 e. The minimum absolute atomic E-state index is 0.228. The molecule has 2 nitrogen and oxygen atoms in total. The van der Waals surface area contributed by atoms with Gasteiger partial charge in [-0.15, -0.1) is 45.3 Å². The predicted octanol–water partition coefficient (Wildman–Crippen LogP) is 19.7. The van der Waals surface area contributed by atoms with E-state index in [0.717, 1.165) is 12.1 Å². The van der Waals surface area contributed by atoms with Gasteiger partial charge in [0.1, 0.15) is 0 Å². The van der Waals surface area contributed by atoms with Crippen LogP contribution in [-0.4, -0.2) is 10.6 Å². The molecule has 0 spiro atoms. The van der Waals surface area contributed by atoms with Crippen LogP contribution in [0.1, 0.15) is 17.5 Å². The van der Waals surface area contributed by atoms with Crippen LogP contribution in [0.5, 0.6) is 0 Å². The molecule has 9 aromatic carbocycles. The molecule has 1 unspecified atom stereocenters. The topological polar surface area (TPSA) is 8.17 Å². The summed E-state index contributed by atoms with van der Waals surface area (Å²) in [5, 5.41) is 7.95. The van der Waals surface area contributed by atoms with Gasteiger partial charge in [0, 0.05) is 73.7 Å². The molecule has 1 aliphatic heterocycles. The Kier molecular flexibility index (Phi) is 8.40. The number of aromatic nitrogens is 1. The summed E-state index contributed by atoms with van der Waals surface area (Å²) in [7, 11) is 0. The maximum Gasteiger partial charge on any atom is 0.0638 e. The largest absolute Gasteiger partial charge is 0.333 e. The third-order valence-electron chi connectivity index (χ3n) is 14.9. The molecule has 0 fully saturated rings. The highest BCUT2D eigenvalue weighted by molar-refractivity contribution is 7.37. The van der Waals surface area contributed by atoms with Crippen molar-refractivity contribution in [2.24, 2.45) is 0 Å². The smallest absolute Gasteiger partial charge is 0.0638 e. The van der Waals surface area contributed by atoms with Crippen LogP contribution in [0.3, 0.4) is 0 Å². The Morgan fingerprint density at radius 2 is 0.900 bits per heavy atom. The van der Waals surface area contributed by atoms with Crippen LogP contribution in [-0.2, 0) is 0 Å². The van der Waals surface area contributed by atoms with Crippen LogP contribution in [0.15, 0.2) is 212 Å². The van der Waals surface area contributed by atoms with Crippen molar-refractivity contribution >= 4 is 149 Å². The first-order valence-electron chi connectivity index (χ1n) is 23.9. The van der Waals surface area contributed by atoms with E-state index in [1.165, 1.54) is 137 Å². The fourth-order valence-corrected chi connectivity index (χ4v) is 17.1. The highest BCUT2D eigenvalue weighted by Gasteiger charge is 2.36. The zero-order chi connectivity index (χ0) is 45.6. The average molecular weight is 963 g/mol. The summed E-state index contributed by atoms with van der Waals surface area (Å²) >= 11 is 7.69. The van der Waals surface area contributed by atoms with Crippen LogP contribution in [0, 0.1) is 0 Å². The van der Waals surface area contributed by atoms with E-state index >= 15 is 0 Å². The van der Waals surface area contributed by atoms with E-state index in [1.54, 1.807) is 0 Å². The Labute approximate surface area is 419 Å². The lowest BCUT2D eigenvalue weighted by atomic mass is 9.87. The van der Waals surface area contributed by atoms with E-state index in [0.29, 0.717) is 0 Å². The van der Waals surface area contributed by atoms with Crippen molar-refractivity contribution in [2.45, 2.75) is 12.5 Å². The second-order valence-electron chi connectivity index (χ2n) is 18.7. The van der Waals surface area contributed by atoms with Crippen molar-refractivity contribution in [2.75, 3.05) is 4.90 Å². The molecule has 0 radical (unpaired) electrons. The number of anilines is 2. The van der Waals surface area contributed by atoms with Crippen LogP contribution in [0.2, 0.25) is 0 Å². The summed E-state index contributed by atoms with van der Waals surface area (Å²) in [5.74, 6) is 0. The molecular weight excluding hydrogens is 925 g/mol. The van der Waals surface area contributed by atoms with Gasteiger partial charge in [-0.3, -0.25) is 0 Å². The van der Waals surface area contributed by atoms with Gasteiger partial charge >= 0.3 is 0 Å². The summed E-state index contributed by atoms with van der Waals surface area (Å²) in [6, 6.07) is 75.5. The third kappa shape index (κ3) is 5.76. The number of thiophene rings is 4. The molecule has 14 aromatic rings. The zero-order valence-corrected chi connectivity index (χ0v) is 40.8. The molecule has 0 amide bonds. The van der Waals surface area contributed by atoms with E-state index in [9.17, 15) is 0 Å². The Balaban J connectivity index is 0.861. The predicted molar refractivity (Wildman–Crippen MR) is 308 cm³/mol. The van der Waals surface area contributed by atoms with E-state index < -0.39 is 0 Å². The molecule has 2 aliphatic rings. The third-order valence-corrected chi connectivity index (χ3v) is 20.0. The molecule has 0 N–H and O–H groups in total. The molecule has 5 aromatic heterocycles. The van der Waals surface area contributed by atoms with Gasteiger partial charge in [0.15, 0.2) is 0 Å². The molecule has 6 heteroatoms. The number of nitrogens with zero attached hydrogens (tertiary/aromatic N) is 2. The summed E-state index contributed by atoms with van der Waals surface area (Å²) in [6.07, 6.45) is 5.68. The Morgan fingerprint density at radius 1 is 0.357 bits per heavy atom. The van der Waals surface area contributed by atoms with Crippen molar-refractivity contribution in [1.82, 2.24) is 4.57 Å². The van der Waals surface area contributed by atoms with Crippen molar-refractivity contribution in [3.63, 3.8) is 0 Å². The molecule has 6 heterocycles. The molecule has 1 aliphatic carbocycles. The monoisotopic (exact) mass is 962 g/mol. The number of hydrogen-bond acceptors (Lipinski definition) is 5. The number of benzene rings is 9. The molecular formula is C64H38N2S4. The Morgan fingerprint density at radius 3 is 1.59 bits per heavy atom. The first-order valence-corrected chi connectivity index (χ1v) is 27.2. The fraction of sp³-hybridized carbons (Fsp3) is 0.0312. The first-order chi connectivity index (χ1) is 34.7. The quantitative estimate of drug-likeness (QED) is 0.167. The average Bonchev–Trinajstić information content (AvgIpc) is 4.26. The Hall–Kier alpha value is -7.58. The lowest BCUT2D eigenvalue weighted by Crippen LogP contribution is -2.28. The molecule has 0 bridgehead atoms. The number of fused-ring (bicyclic) bond motifs is 16. The number of rotatable bonds is 5. The standard InChI is InChI=1S/C64H38N2S4/c1-2-12-43(13-3-1)65-53-18-8-4-14-45(53)47-26-22-38(34-56(47)65)37-25-29-55-52(33-37)46-15-5-9-19-54(46)66(55)44-31-41(39-23-27-50-59(35-39)69-61-48-16-6-10-20-57(48)67-63(50)61)30-42(32-44)40-24-28-51-60(36-40)70-62-49-17-7-11-21-58(49)68-64(51)62/h1-33,35-36,56H,34H2. The van der Waals surface area contributed by atoms with Crippen LogP contribution < -0.4 is 4.90 Å². The normalized spacial score (nSPS) is 14.8. The van der Waals surface area contributed by atoms with Gasteiger partial charge in [0.25, 0.3) is 0 Å². The highest BCUT2D eigenvalue weighted by Crippen LogP contribution is 2.51. The summed E-state index contributed by atoms with van der Waals surface area (Å²) < 4.78 is 13.5. The van der Waals surface area contributed by atoms with E-state index in [2.05, 4.69) is 222 Å². The molecule has 16 rings (SSSR count). The van der Waals surface area contributed by atoms with Crippen LogP contribution in [0.4, 0.5) is 11.4 Å². The molecule has 0 saturated carbocycles. The van der Waals surface area contributed by atoms with Gasteiger partial charge in [-0.25, -0.2) is 0 Å². The summed E-state index contributed by atoms with van der Waals surface area (Å²) in [4.78, 5) is 2.55.